The molecule has 1 aromatic carbocycles. The van der Waals surface area contributed by atoms with Crippen molar-refractivity contribution in [1.29, 1.82) is 0 Å². The third-order valence-electron chi connectivity index (χ3n) is 6.12. The maximum Gasteiger partial charge on any atom is 0.323 e. The zero-order valence-electron chi connectivity index (χ0n) is 20.5. The van der Waals surface area contributed by atoms with Crippen LogP contribution >= 0.6 is 24.0 Å². The van der Waals surface area contributed by atoms with Crippen LogP contribution in [-0.4, -0.2) is 58.0 Å². The van der Waals surface area contributed by atoms with Gasteiger partial charge in [0.05, 0.1) is 16.3 Å². The van der Waals surface area contributed by atoms with Gasteiger partial charge in [0.2, 0.25) is 5.88 Å². The van der Waals surface area contributed by atoms with Gasteiger partial charge in [-0.2, -0.15) is 8.42 Å². The fraction of sp³-hybridized carbons (Fsp3) is 0.400. The Bertz CT molecular complexity index is 1350. The van der Waals surface area contributed by atoms with E-state index < -0.39 is 28.5 Å². The molecule has 0 atom stereocenters. The van der Waals surface area contributed by atoms with Crippen LogP contribution in [0.4, 0.5) is 5.69 Å². The van der Waals surface area contributed by atoms with E-state index in [0.29, 0.717) is 42.3 Å². The van der Waals surface area contributed by atoms with E-state index in [4.69, 9.17) is 26.6 Å². The van der Waals surface area contributed by atoms with Crippen molar-refractivity contribution >= 4 is 56.0 Å². The van der Waals surface area contributed by atoms with Crippen LogP contribution in [0.15, 0.2) is 58.4 Å². The van der Waals surface area contributed by atoms with E-state index in [0.717, 1.165) is 39.9 Å². The van der Waals surface area contributed by atoms with Crippen LogP contribution in [0.1, 0.15) is 39.5 Å². The molecule has 1 fully saturated rings. The van der Waals surface area contributed by atoms with Crippen molar-refractivity contribution in [2.45, 2.75) is 39.5 Å². The second-order valence-corrected chi connectivity index (χ2v) is 13.2. The number of ether oxygens (including phenoxy) is 1. The molecule has 2 heterocycles. The van der Waals surface area contributed by atoms with Crippen molar-refractivity contribution in [1.82, 2.24) is 4.90 Å². The van der Waals surface area contributed by atoms with Crippen molar-refractivity contribution in [2.75, 3.05) is 23.7 Å². The number of rotatable bonds is 8. The highest BCUT2D eigenvalue weighted by Gasteiger charge is 2.38. The molecular formula is C25H28N2O7S3. The Labute approximate surface area is 225 Å². The molecule has 3 aliphatic rings. The standard InChI is InChI=1S/C25H28N2O7S3/c1-25(2)13-16(11-17(14-25)22-23(30)27(15-21(28)29)24(35)36-22)12-20-26(9-5-6-10-37(31,32)33)18-7-3-4-8-19(18)34-20/h3-4,7-8,11-12H,5-6,9-10,13-15H2,1-2H3,(H,28,29)(H,31,32,33)/b20-12?,22-17-. The Balaban J connectivity index is 1.64. The molecule has 1 saturated heterocycles. The van der Waals surface area contributed by atoms with Gasteiger partial charge in [-0.25, -0.2) is 0 Å². The number of anilines is 1. The number of nitrogens with zero attached hydrogens (tertiary/aromatic N) is 2. The third-order valence-corrected chi connectivity index (χ3v) is 8.44. The Hall–Kier alpha value is -2.67. The molecular weight excluding hydrogens is 536 g/mol. The summed E-state index contributed by atoms with van der Waals surface area (Å²) >= 11 is 6.40. The van der Waals surface area contributed by atoms with E-state index in [-0.39, 0.29) is 15.5 Å². The molecule has 4 rings (SSSR count). The summed E-state index contributed by atoms with van der Waals surface area (Å²) in [6, 6.07) is 7.56. The first-order valence-corrected chi connectivity index (χ1v) is 14.6. The second-order valence-electron chi connectivity index (χ2n) is 9.94. The molecule has 0 aromatic heterocycles. The van der Waals surface area contributed by atoms with Gasteiger partial charge >= 0.3 is 5.97 Å². The predicted molar refractivity (Wildman–Crippen MR) is 146 cm³/mol. The molecule has 9 nitrogen and oxygen atoms in total. The Morgan fingerprint density at radius 3 is 2.65 bits per heavy atom. The first-order chi connectivity index (χ1) is 17.3. The van der Waals surface area contributed by atoms with Gasteiger partial charge in [0, 0.05) is 12.6 Å². The number of hydrogen-bond acceptors (Lipinski definition) is 8. The van der Waals surface area contributed by atoms with Gasteiger partial charge in [-0.05, 0) is 54.4 Å². The molecule has 198 valence electrons. The largest absolute Gasteiger partial charge is 0.480 e. The average molecular weight is 565 g/mol. The monoisotopic (exact) mass is 564 g/mol. The lowest BCUT2D eigenvalue weighted by atomic mass is 9.75. The Kier molecular flexibility index (Phi) is 7.84. The zero-order valence-corrected chi connectivity index (χ0v) is 22.9. The maximum absolute atomic E-state index is 13.0. The van der Waals surface area contributed by atoms with Crippen LogP contribution in [0.5, 0.6) is 5.75 Å². The molecule has 2 N–H and O–H groups in total. The lowest BCUT2D eigenvalue weighted by molar-refractivity contribution is -0.140. The van der Waals surface area contributed by atoms with Crippen molar-refractivity contribution < 1.29 is 32.4 Å². The number of fused-ring (bicyclic) bond motifs is 1. The number of unbranched alkanes of at least 4 members (excludes halogenated alkanes) is 1. The third kappa shape index (κ3) is 6.61. The van der Waals surface area contributed by atoms with Gasteiger partial charge in [-0.3, -0.25) is 19.0 Å². The van der Waals surface area contributed by atoms with Gasteiger partial charge < -0.3 is 14.7 Å². The fourth-order valence-electron chi connectivity index (χ4n) is 4.67. The Morgan fingerprint density at radius 2 is 1.95 bits per heavy atom. The van der Waals surface area contributed by atoms with Crippen LogP contribution in [-0.2, 0) is 19.7 Å². The summed E-state index contributed by atoms with van der Waals surface area (Å²) in [4.78, 5) is 27.7. The van der Waals surface area contributed by atoms with Crippen LogP contribution < -0.4 is 9.64 Å². The molecule has 0 saturated carbocycles. The van der Waals surface area contributed by atoms with Crippen molar-refractivity contribution in [3.8, 4) is 5.75 Å². The normalized spacial score (nSPS) is 22.4. The number of carboxylic acid groups (broad SMARTS) is 1. The molecule has 0 bridgehead atoms. The molecule has 12 heteroatoms. The van der Waals surface area contributed by atoms with Gasteiger partial charge in [0.15, 0.2) is 5.75 Å². The topological polar surface area (TPSA) is 124 Å². The predicted octanol–water partition coefficient (Wildman–Crippen LogP) is 4.34. The first kappa shape index (κ1) is 27.4. The summed E-state index contributed by atoms with van der Waals surface area (Å²) in [7, 11) is -4.02. The van der Waals surface area contributed by atoms with Gasteiger partial charge in [0.1, 0.15) is 10.9 Å². The lowest BCUT2D eigenvalue weighted by Crippen LogP contribution is -2.33. The van der Waals surface area contributed by atoms with Gasteiger partial charge in [0.25, 0.3) is 16.0 Å². The van der Waals surface area contributed by atoms with Crippen LogP contribution in [0.3, 0.4) is 0 Å². The van der Waals surface area contributed by atoms with Gasteiger partial charge in [-0.15, -0.1) is 0 Å². The molecule has 1 aromatic rings. The number of thioether (sulfide) groups is 1. The molecule has 0 radical (unpaired) electrons. The summed E-state index contributed by atoms with van der Waals surface area (Å²) in [6.45, 7) is 4.24. The molecule has 1 amide bonds. The number of hydrogen-bond donors (Lipinski definition) is 2. The highest BCUT2D eigenvalue weighted by atomic mass is 32.2. The fourth-order valence-corrected chi connectivity index (χ4v) is 6.52. The van der Waals surface area contributed by atoms with E-state index in [1.165, 1.54) is 0 Å². The SMILES string of the molecule is CC1(C)CC(C=C2Oc3ccccc3N2CCCCS(=O)(=O)O)=C/C(=C2/SC(=S)N(CC(=O)O)C2=O)C1. The number of amides is 1. The number of allylic oxidation sites excluding steroid dienone is 4. The number of para-hydroxylation sites is 2. The average Bonchev–Trinajstić information content (AvgIpc) is 3.26. The highest BCUT2D eigenvalue weighted by Crippen LogP contribution is 2.45. The molecule has 1 aliphatic carbocycles. The maximum atomic E-state index is 13.0. The quantitative estimate of drug-likeness (QED) is 0.204. The molecule has 2 aliphatic heterocycles. The van der Waals surface area contributed by atoms with Crippen molar-refractivity contribution in [2.24, 2.45) is 5.41 Å². The summed E-state index contributed by atoms with van der Waals surface area (Å²) < 4.78 is 37.6. The van der Waals surface area contributed by atoms with E-state index in [9.17, 15) is 18.0 Å². The van der Waals surface area contributed by atoms with Crippen molar-refractivity contribution in [3.05, 3.63) is 58.4 Å². The summed E-state index contributed by atoms with van der Waals surface area (Å²) in [5.74, 6) is -0.533. The summed E-state index contributed by atoms with van der Waals surface area (Å²) in [5, 5.41) is 9.15. The number of thiocarbonyl (C=S) groups is 1. The number of carboxylic acids is 1. The molecule has 0 unspecified atom stereocenters. The minimum absolute atomic E-state index is 0.169. The highest BCUT2D eigenvalue weighted by molar-refractivity contribution is 8.26. The smallest absolute Gasteiger partial charge is 0.323 e. The summed E-state index contributed by atoms with van der Waals surface area (Å²) in [5.41, 5.74) is 2.45. The van der Waals surface area contributed by atoms with Gasteiger partial charge in [-0.1, -0.05) is 56.0 Å². The number of carbonyl (C=O) groups is 2. The van der Waals surface area contributed by atoms with Crippen LogP contribution in [0.2, 0.25) is 0 Å². The number of carbonyl (C=O) groups excluding carboxylic acids is 1. The lowest BCUT2D eigenvalue weighted by Gasteiger charge is -2.31. The van der Waals surface area contributed by atoms with E-state index >= 15 is 0 Å². The molecule has 37 heavy (non-hydrogen) atoms. The van der Waals surface area contributed by atoms with Crippen LogP contribution in [0, 0.1) is 5.41 Å². The van der Waals surface area contributed by atoms with Crippen LogP contribution in [0.25, 0.3) is 0 Å². The molecule has 0 spiro atoms. The van der Waals surface area contributed by atoms with E-state index in [2.05, 4.69) is 13.8 Å². The minimum Gasteiger partial charge on any atom is -0.480 e. The zero-order chi connectivity index (χ0) is 27.0. The number of benzene rings is 1. The number of aliphatic carboxylic acids is 1. The minimum atomic E-state index is -4.02. The van der Waals surface area contributed by atoms with E-state index in [1.807, 2.05) is 41.3 Å². The first-order valence-electron chi connectivity index (χ1n) is 11.7. The second kappa shape index (κ2) is 10.6. The van der Waals surface area contributed by atoms with E-state index in [1.54, 1.807) is 0 Å². The van der Waals surface area contributed by atoms with Crippen molar-refractivity contribution in [3.63, 3.8) is 0 Å². The summed E-state index contributed by atoms with van der Waals surface area (Å²) in [6.07, 6.45) is 6.08. The Morgan fingerprint density at radius 1 is 1.22 bits per heavy atom.